The molecule has 0 aliphatic carbocycles. The fourth-order valence-electron chi connectivity index (χ4n) is 3.15. The molecule has 0 bridgehead atoms. The van der Waals surface area contributed by atoms with Gasteiger partial charge in [-0.3, -0.25) is 9.59 Å². The third-order valence-corrected chi connectivity index (χ3v) is 4.75. The van der Waals surface area contributed by atoms with E-state index in [-0.39, 0.29) is 23.0 Å². The first-order valence-electron chi connectivity index (χ1n) is 9.62. The summed E-state index contributed by atoms with van der Waals surface area (Å²) < 4.78 is 24.7. The van der Waals surface area contributed by atoms with Crippen LogP contribution in [-0.4, -0.2) is 26.0 Å². The largest absolute Gasteiger partial charge is 0.493 e. The van der Waals surface area contributed by atoms with Crippen molar-refractivity contribution in [2.45, 2.75) is 13.0 Å². The molecule has 0 aliphatic heterocycles. The highest BCUT2D eigenvalue weighted by molar-refractivity contribution is 6.04. The molecule has 2 amide bonds. The lowest BCUT2D eigenvalue weighted by Gasteiger charge is -2.18. The van der Waals surface area contributed by atoms with Crippen molar-refractivity contribution < 1.29 is 23.5 Å². The molecule has 160 valence electrons. The van der Waals surface area contributed by atoms with Crippen LogP contribution in [0.15, 0.2) is 66.7 Å². The summed E-state index contributed by atoms with van der Waals surface area (Å²) >= 11 is 0. The molecule has 6 nitrogen and oxygen atoms in total. The summed E-state index contributed by atoms with van der Waals surface area (Å²) in [5.74, 6) is -1.31. The normalized spacial score (nSPS) is 11.4. The minimum absolute atomic E-state index is 0.0241. The average Bonchev–Trinajstić information content (AvgIpc) is 2.79. The van der Waals surface area contributed by atoms with Gasteiger partial charge in [0, 0.05) is 11.3 Å². The number of halogens is 1. The van der Waals surface area contributed by atoms with Crippen LogP contribution in [0, 0.1) is 5.82 Å². The maximum absolute atomic E-state index is 14.4. The standard InChI is InChI=1S/C24H23FN2O4/c1-15(26-24(29)21-19(25)12-13-20(30-2)22(21)31-3)17-10-7-11-18(14-17)27-23(28)16-8-5-4-6-9-16/h4-15H,1-3H3,(H,26,29)(H,27,28). The zero-order valence-electron chi connectivity index (χ0n) is 17.4. The van der Waals surface area contributed by atoms with Crippen LogP contribution >= 0.6 is 0 Å². The molecule has 3 aromatic rings. The summed E-state index contributed by atoms with van der Waals surface area (Å²) in [6.07, 6.45) is 0. The molecule has 0 aliphatic rings. The van der Waals surface area contributed by atoms with Crippen LogP contribution in [0.5, 0.6) is 11.5 Å². The molecule has 0 radical (unpaired) electrons. The van der Waals surface area contributed by atoms with Crippen LogP contribution in [0.4, 0.5) is 10.1 Å². The van der Waals surface area contributed by atoms with E-state index in [1.54, 1.807) is 49.4 Å². The second-order valence-corrected chi connectivity index (χ2v) is 6.80. The predicted octanol–water partition coefficient (Wildman–Crippen LogP) is 4.59. The molecule has 3 aromatic carbocycles. The number of rotatable bonds is 7. The molecule has 1 unspecified atom stereocenters. The summed E-state index contributed by atoms with van der Waals surface area (Å²) in [4.78, 5) is 25.2. The van der Waals surface area contributed by atoms with Crippen molar-refractivity contribution in [1.29, 1.82) is 0 Å². The minimum atomic E-state index is -0.716. The Kier molecular flexibility index (Phi) is 6.87. The monoisotopic (exact) mass is 422 g/mol. The Labute approximate surface area is 180 Å². The van der Waals surface area contributed by atoms with Gasteiger partial charge < -0.3 is 20.1 Å². The van der Waals surface area contributed by atoms with Crippen LogP contribution in [0.25, 0.3) is 0 Å². The minimum Gasteiger partial charge on any atom is -0.493 e. The number of nitrogens with one attached hydrogen (secondary N) is 2. The van der Waals surface area contributed by atoms with E-state index >= 15 is 0 Å². The van der Waals surface area contributed by atoms with E-state index < -0.39 is 17.8 Å². The average molecular weight is 422 g/mol. The van der Waals surface area contributed by atoms with E-state index in [0.717, 1.165) is 11.6 Å². The lowest BCUT2D eigenvalue weighted by atomic mass is 10.1. The highest BCUT2D eigenvalue weighted by Crippen LogP contribution is 2.33. The molecule has 2 N–H and O–H groups in total. The lowest BCUT2D eigenvalue weighted by Crippen LogP contribution is -2.28. The van der Waals surface area contributed by atoms with Crippen LogP contribution in [0.1, 0.15) is 39.2 Å². The molecular weight excluding hydrogens is 399 g/mol. The quantitative estimate of drug-likeness (QED) is 0.584. The Morgan fingerprint density at radius 3 is 2.32 bits per heavy atom. The van der Waals surface area contributed by atoms with Gasteiger partial charge in [-0.25, -0.2) is 4.39 Å². The molecule has 0 heterocycles. The van der Waals surface area contributed by atoms with E-state index in [1.807, 2.05) is 12.1 Å². The van der Waals surface area contributed by atoms with Crippen molar-refractivity contribution in [2.75, 3.05) is 19.5 Å². The second kappa shape index (κ2) is 9.75. The topological polar surface area (TPSA) is 76.7 Å². The molecular formula is C24H23FN2O4. The molecule has 0 saturated heterocycles. The Balaban J connectivity index is 1.77. The van der Waals surface area contributed by atoms with E-state index in [4.69, 9.17) is 9.47 Å². The van der Waals surface area contributed by atoms with Crippen LogP contribution in [0.3, 0.4) is 0 Å². The molecule has 3 rings (SSSR count). The predicted molar refractivity (Wildman–Crippen MR) is 116 cm³/mol. The van der Waals surface area contributed by atoms with Crippen molar-refractivity contribution in [2.24, 2.45) is 0 Å². The number of carbonyl (C=O) groups excluding carboxylic acids is 2. The zero-order chi connectivity index (χ0) is 22.4. The van der Waals surface area contributed by atoms with Crippen LogP contribution < -0.4 is 20.1 Å². The number of anilines is 1. The van der Waals surface area contributed by atoms with Gasteiger partial charge in [0.15, 0.2) is 11.5 Å². The number of benzene rings is 3. The Morgan fingerprint density at radius 2 is 1.65 bits per heavy atom. The van der Waals surface area contributed by atoms with Gasteiger partial charge in [0.05, 0.1) is 20.3 Å². The fraction of sp³-hybridized carbons (Fsp3) is 0.167. The maximum atomic E-state index is 14.4. The molecule has 0 spiro atoms. The Morgan fingerprint density at radius 1 is 0.903 bits per heavy atom. The van der Waals surface area contributed by atoms with Gasteiger partial charge in [-0.15, -0.1) is 0 Å². The summed E-state index contributed by atoms with van der Waals surface area (Å²) in [7, 11) is 2.76. The number of hydrogen-bond donors (Lipinski definition) is 2. The van der Waals surface area contributed by atoms with Gasteiger partial charge in [-0.05, 0) is 48.9 Å². The van der Waals surface area contributed by atoms with Gasteiger partial charge in [-0.1, -0.05) is 30.3 Å². The second-order valence-electron chi connectivity index (χ2n) is 6.80. The van der Waals surface area contributed by atoms with Crippen molar-refractivity contribution in [1.82, 2.24) is 5.32 Å². The Hall–Kier alpha value is -3.87. The number of amides is 2. The summed E-state index contributed by atoms with van der Waals surface area (Å²) in [6, 6.07) is 18.0. The van der Waals surface area contributed by atoms with Crippen molar-refractivity contribution >= 4 is 17.5 Å². The van der Waals surface area contributed by atoms with Gasteiger partial charge >= 0.3 is 0 Å². The first-order chi connectivity index (χ1) is 14.9. The third-order valence-electron chi connectivity index (χ3n) is 4.75. The lowest BCUT2D eigenvalue weighted by molar-refractivity contribution is 0.0930. The zero-order valence-corrected chi connectivity index (χ0v) is 17.4. The van der Waals surface area contributed by atoms with Gasteiger partial charge in [-0.2, -0.15) is 0 Å². The molecule has 7 heteroatoms. The fourth-order valence-corrected chi connectivity index (χ4v) is 3.15. The first-order valence-corrected chi connectivity index (χ1v) is 9.62. The van der Waals surface area contributed by atoms with Crippen molar-refractivity contribution in [3.63, 3.8) is 0 Å². The molecule has 1 atom stereocenters. The highest BCUT2D eigenvalue weighted by Gasteiger charge is 2.23. The SMILES string of the molecule is COc1ccc(F)c(C(=O)NC(C)c2cccc(NC(=O)c3ccccc3)c2)c1OC. The highest BCUT2D eigenvalue weighted by atomic mass is 19.1. The smallest absolute Gasteiger partial charge is 0.258 e. The summed E-state index contributed by atoms with van der Waals surface area (Å²) in [6.45, 7) is 1.76. The van der Waals surface area contributed by atoms with Gasteiger partial charge in [0.1, 0.15) is 11.4 Å². The molecule has 31 heavy (non-hydrogen) atoms. The summed E-state index contributed by atoms with van der Waals surface area (Å²) in [5.41, 5.74) is 1.62. The number of methoxy groups -OCH3 is 2. The first kappa shape index (κ1) is 21.8. The van der Waals surface area contributed by atoms with Gasteiger partial charge in [0.25, 0.3) is 11.8 Å². The van der Waals surface area contributed by atoms with E-state index in [0.29, 0.717) is 11.3 Å². The molecule has 0 fully saturated rings. The van der Waals surface area contributed by atoms with E-state index in [2.05, 4.69) is 10.6 Å². The van der Waals surface area contributed by atoms with Crippen LogP contribution in [-0.2, 0) is 0 Å². The number of ether oxygens (including phenoxy) is 2. The van der Waals surface area contributed by atoms with Gasteiger partial charge in [0.2, 0.25) is 0 Å². The molecule has 0 aromatic heterocycles. The van der Waals surface area contributed by atoms with E-state index in [1.165, 1.54) is 20.3 Å². The maximum Gasteiger partial charge on any atom is 0.258 e. The number of hydrogen-bond acceptors (Lipinski definition) is 4. The third kappa shape index (κ3) is 5.01. The number of carbonyl (C=O) groups is 2. The summed E-state index contributed by atoms with van der Waals surface area (Å²) in [5, 5.41) is 5.60. The van der Waals surface area contributed by atoms with Crippen molar-refractivity contribution in [3.05, 3.63) is 89.2 Å². The van der Waals surface area contributed by atoms with E-state index in [9.17, 15) is 14.0 Å². The van der Waals surface area contributed by atoms with Crippen molar-refractivity contribution in [3.8, 4) is 11.5 Å². The Bertz CT molecular complexity index is 1090. The van der Waals surface area contributed by atoms with Crippen LogP contribution in [0.2, 0.25) is 0 Å². The molecule has 0 saturated carbocycles.